The van der Waals surface area contributed by atoms with Gasteiger partial charge in [0, 0.05) is 16.3 Å². The van der Waals surface area contributed by atoms with E-state index in [9.17, 15) is 9.59 Å². The maximum Gasteiger partial charge on any atom is 0.324 e. The number of anilines is 1. The van der Waals surface area contributed by atoms with E-state index >= 15 is 0 Å². The molecule has 2 aromatic rings. The Morgan fingerprint density at radius 1 is 1.12 bits per heavy atom. The molecule has 126 valence electrons. The van der Waals surface area contributed by atoms with Crippen LogP contribution in [-0.4, -0.2) is 18.7 Å². The normalized spacial score (nSPS) is 10.1. The number of carbonyl (C=O) groups excluding carboxylic acids is 2. The van der Waals surface area contributed by atoms with Crippen LogP contribution in [0.5, 0.6) is 5.75 Å². The van der Waals surface area contributed by atoms with Crippen molar-refractivity contribution < 1.29 is 14.3 Å². The maximum atomic E-state index is 11.9. The molecule has 2 rings (SSSR count). The maximum absolute atomic E-state index is 11.9. The molecular weight excluding hydrogens is 330 g/mol. The number of nitrogens with two attached hydrogens (primary N) is 1. The van der Waals surface area contributed by atoms with E-state index in [1.54, 1.807) is 24.3 Å². The largest absolute Gasteiger partial charge is 0.473 e. The van der Waals surface area contributed by atoms with Gasteiger partial charge in [-0.15, -0.1) is 0 Å². The van der Waals surface area contributed by atoms with Gasteiger partial charge in [-0.2, -0.15) is 0 Å². The molecule has 0 radical (unpaired) electrons. The van der Waals surface area contributed by atoms with Crippen LogP contribution in [-0.2, 0) is 0 Å². The van der Waals surface area contributed by atoms with E-state index in [1.807, 2.05) is 13.8 Å². The van der Waals surface area contributed by atoms with Crippen LogP contribution < -0.4 is 21.1 Å². The lowest BCUT2D eigenvalue weighted by atomic mass is 10.1. The standard InChI is InChI=1S/C17H18ClN3O3/c1-10-7-14(8-11(2)15(10)18)24-9-20-17(23)21-16(22)12-3-5-13(19)6-4-12/h3-8H,9,19H2,1-2H3,(H2,20,21,22,23). The predicted molar refractivity (Wildman–Crippen MR) is 93.3 cm³/mol. The first-order valence-electron chi connectivity index (χ1n) is 7.21. The Morgan fingerprint density at radius 3 is 2.29 bits per heavy atom. The topological polar surface area (TPSA) is 93.5 Å². The van der Waals surface area contributed by atoms with E-state index < -0.39 is 11.9 Å². The Bertz CT molecular complexity index is 737. The monoisotopic (exact) mass is 347 g/mol. The van der Waals surface area contributed by atoms with Crippen molar-refractivity contribution >= 4 is 29.2 Å². The van der Waals surface area contributed by atoms with Crippen LogP contribution in [0.15, 0.2) is 36.4 Å². The van der Waals surface area contributed by atoms with Crippen LogP contribution in [0.25, 0.3) is 0 Å². The van der Waals surface area contributed by atoms with E-state index in [-0.39, 0.29) is 6.73 Å². The van der Waals surface area contributed by atoms with Gasteiger partial charge in [0.2, 0.25) is 0 Å². The number of hydrogen-bond donors (Lipinski definition) is 3. The average Bonchev–Trinajstić information content (AvgIpc) is 2.53. The third-order valence-electron chi connectivity index (χ3n) is 3.28. The summed E-state index contributed by atoms with van der Waals surface area (Å²) >= 11 is 6.08. The number of imide groups is 1. The second-order valence-electron chi connectivity index (χ2n) is 5.24. The van der Waals surface area contributed by atoms with Gasteiger partial charge in [-0.05, 0) is 61.4 Å². The minimum absolute atomic E-state index is 0.0820. The van der Waals surface area contributed by atoms with Crippen molar-refractivity contribution in [1.82, 2.24) is 10.6 Å². The van der Waals surface area contributed by atoms with Crippen LogP contribution in [0.1, 0.15) is 21.5 Å². The molecule has 0 aliphatic rings. The minimum Gasteiger partial charge on any atom is -0.473 e. The molecule has 4 N–H and O–H groups in total. The summed E-state index contributed by atoms with van der Waals surface area (Å²) in [6, 6.07) is 9.13. The van der Waals surface area contributed by atoms with Gasteiger partial charge in [0.1, 0.15) is 5.75 Å². The number of amides is 3. The number of nitrogen functional groups attached to an aromatic ring is 1. The Hall–Kier alpha value is -2.73. The second kappa shape index (κ2) is 7.70. The summed E-state index contributed by atoms with van der Waals surface area (Å²) in [5, 5.41) is 5.33. The number of aryl methyl sites for hydroxylation is 2. The molecule has 0 atom stereocenters. The minimum atomic E-state index is -0.653. The summed E-state index contributed by atoms with van der Waals surface area (Å²) in [6.07, 6.45) is 0. The molecule has 7 heteroatoms. The SMILES string of the molecule is Cc1cc(OCNC(=O)NC(=O)c2ccc(N)cc2)cc(C)c1Cl. The summed E-state index contributed by atoms with van der Waals surface area (Å²) in [7, 11) is 0. The highest BCUT2D eigenvalue weighted by Crippen LogP contribution is 2.25. The Balaban J connectivity index is 1.83. The molecule has 24 heavy (non-hydrogen) atoms. The zero-order valence-electron chi connectivity index (χ0n) is 13.4. The number of nitrogens with one attached hydrogen (secondary N) is 2. The fourth-order valence-electron chi connectivity index (χ4n) is 2.03. The average molecular weight is 348 g/mol. The van der Waals surface area contributed by atoms with Gasteiger partial charge in [0.05, 0.1) is 0 Å². The number of ether oxygens (including phenoxy) is 1. The number of benzene rings is 2. The smallest absolute Gasteiger partial charge is 0.324 e. The Morgan fingerprint density at radius 2 is 1.71 bits per heavy atom. The van der Waals surface area contributed by atoms with Crippen molar-refractivity contribution in [2.24, 2.45) is 0 Å². The molecule has 0 saturated carbocycles. The van der Waals surface area contributed by atoms with Crippen LogP contribution in [0.3, 0.4) is 0 Å². The highest BCUT2D eigenvalue weighted by molar-refractivity contribution is 6.32. The fourth-order valence-corrected chi connectivity index (χ4v) is 2.14. The van der Waals surface area contributed by atoms with Crippen molar-refractivity contribution in [3.05, 3.63) is 58.1 Å². The summed E-state index contributed by atoms with van der Waals surface area (Å²) in [5.41, 5.74) is 8.19. The third-order valence-corrected chi connectivity index (χ3v) is 3.88. The van der Waals surface area contributed by atoms with Gasteiger partial charge in [0.25, 0.3) is 5.91 Å². The van der Waals surface area contributed by atoms with Crippen molar-refractivity contribution in [3.63, 3.8) is 0 Å². The molecule has 3 amide bonds. The molecule has 0 bridgehead atoms. The quantitative estimate of drug-likeness (QED) is 0.585. The fraction of sp³-hybridized carbons (Fsp3) is 0.176. The molecule has 0 aromatic heterocycles. The molecule has 2 aromatic carbocycles. The molecule has 0 spiro atoms. The molecule has 6 nitrogen and oxygen atoms in total. The number of urea groups is 1. The van der Waals surface area contributed by atoms with Gasteiger partial charge in [-0.1, -0.05) is 11.6 Å². The molecular formula is C17H18ClN3O3. The molecule has 0 aliphatic heterocycles. The van der Waals surface area contributed by atoms with E-state index in [2.05, 4.69) is 10.6 Å². The van der Waals surface area contributed by atoms with E-state index in [0.29, 0.717) is 22.0 Å². The molecule has 0 unspecified atom stereocenters. The van der Waals surface area contributed by atoms with Crippen LogP contribution in [0, 0.1) is 13.8 Å². The number of hydrogen-bond acceptors (Lipinski definition) is 4. The second-order valence-corrected chi connectivity index (χ2v) is 5.62. The van der Waals surface area contributed by atoms with E-state index in [0.717, 1.165) is 11.1 Å². The highest BCUT2D eigenvalue weighted by Gasteiger charge is 2.10. The van der Waals surface area contributed by atoms with E-state index in [4.69, 9.17) is 22.1 Å². The van der Waals surface area contributed by atoms with Crippen molar-refractivity contribution in [3.8, 4) is 5.75 Å². The van der Waals surface area contributed by atoms with Gasteiger partial charge in [0.15, 0.2) is 6.73 Å². The summed E-state index contributed by atoms with van der Waals surface area (Å²) in [5.74, 6) is 0.0604. The first-order valence-corrected chi connectivity index (χ1v) is 7.59. The summed E-state index contributed by atoms with van der Waals surface area (Å²) < 4.78 is 5.44. The van der Waals surface area contributed by atoms with Gasteiger partial charge in [-0.3, -0.25) is 10.1 Å². The van der Waals surface area contributed by atoms with Crippen LogP contribution >= 0.6 is 11.6 Å². The lowest BCUT2D eigenvalue weighted by molar-refractivity contribution is 0.0962. The first-order chi connectivity index (χ1) is 11.4. The summed E-state index contributed by atoms with van der Waals surface area (Å²) in [4.78, 5) is 23.6. The number of carbonyl (C=O) groups is 2. The zero-order chi connectivity index (χ0) is 17.7. The Kier molecular flexibility index (Phi) is 5.65. The third kappa shape index (κ3) is 4.63. The molecule has 0 saturated heterocycles. The summed E-state index contributed by atoms with van der Waals surface area (Å²) in [6.45, 7) is 3.66. The van der Waals surface area contributed by atoms with Crippen LogP contribution in [0.4, 0.5) is 10.5 Å². The highest BCUT2D eigenvalue weighted by atomic mass is 35.5. The molecule has 0 heterocycles. The predicted octanol–water partition coefficient (Wildman–Crippen LogP) is 3.01. The van der Waals surface area contributed by atoms with E-state index in [1.165, 1.54) is 12.1 Å². The van der Waals surface area contributed by atoms with Crippen LogP contribution in [0.2, 0.25) is 5.02 Å². The van der Waals surface area contributed by atoms with Gasteiger partial charge >= 0.3 is 6.03 Å². The lowest BCUT2D eigenvalue weighted by Gasteiger charge is -2.11. The first kappa shape index (κ1) is 17.6. The lowest BCUT2D eigenvalue weighted by Crippen LogP contribution is -2.41. The van der Waals surface area contributed by atoms with Crippen molar-refractivity contribution in [1.29, 1.82) is 0 Å². The van der Waals surface area contributed by atoms with Gasteiger partial charge in [-0.25, -0.2) is 4.79 Å². The van der Waals surface area contributed by atoms with Crippen molar-refractivity contribution in [2.45, 2.75) is 13.8 Å². The zero-order valence-corrected chi connectivity index (χ0v) is 14.1. The van der Waals surface area contributed by atoms with Crippen molar-refractivity contribution in [2.75, 3.05) is 12.5 Å². The molecule has 0 aliphatic carbocycles. The molecule has 0 fully saturated rings. The number of rotatable bonds is 4. The number of halogens is 1. The van der Waals surface area contributed by atoms with Gasteiger partial charge < -0.3 is 15.8 Å². The Labute approximate surface area is 144 Å².